The molecule has 0 saturated heterocycles. The summed E-state index contributed by atoms with van der Waals surface area (Å²) in [6.45, 7) is 8.68. The van der Waals surface area contributed by atoms with E-state index in [4.69, 9.17) is 0 Å². The first-order valence-corrected chi connectivity index (χ1v) is 7.84. The fourth-order valence-electron chi connectivity index (χ4n) is 1.78. The van der Waals surface area contributed by atoms with Crippen molar-refractivity contribution in [3.63, 3.8) is 0 Å². The van der Waals surface area contributed by atoms with Gasteiger partial charge in [-0.05, 0) is 20.8 Å². The average molecular weight is 321 g/mol. The Bertz CT molecular complexity index is 646. The third-order valence-corrected chi connectivity index (χ3v) is 3.81. The van der Waals surface area contributed by atoms with Gasteiger partial charge < -0.3 is 10.6 Å². The van der Waals surface area contributed by atoms with Crippen molar-refractivity contribution in [3.8, 4) is 0 Å². The van der Waals surface area contributed by atoms with Gasteiger partial charge in [-0.15, -0.1) is 0 Å². The Morgan fingerprint density at radius 3 is 2.00 bits per heavy atom. The molecule has 0 saturated carbocycles. The molecule has 2 heterocycles. The monoisotopic (exact) mass is 321 g/mol. The van der Waals surface area contributed by atoms with Crippen molar-refractivity contribution in [1.82, 2.24) is 19.9 Å². The van der Waals surface area contributed by atoms with Crippen LogP contribution in [0.3, 0.4) is 0 Å². The SMILES string of the molecule is CCNc1nc(NCC)nc(Nc2nc(C)c(C(C)=O)s2)n1. The van der Waals surface area contributed by atoms with Crippen molar-refractivity contribution in [1.29, 1.82) is 0 Å². The van der Waals surface area contributed by atoms with Gasteiger partial charge >= 0.3 is 0 Å². The number of nitrogens with one attached hydrogen (secondary N) is 3. The summed E-state index contributed by atoms with van der Waals surface area (Å²) in [6.07, 6.45) is 0. The summed E-state index contributed by atoms with van der Waals surface area (Å²) in [5, 5.41) is 9.72. The van der Waals surface area contributed by atoms with E-state index in [1.165, 1.54) is 18.3 Å². The summed E-state index contributed by atoms with van der Waals surface area (Å²) in [4.78, 5) is 29.3. The van der Waals surface area contributed by atoms with Gasteiger partial charge in [0.25, 0.3) is 0 Å². The van der Waals surface area contributed by atoms with Gasteiger partial charge in [0.1, 0.15) is 0 Å². The molecule has 0 radical (unpaired) electrons. The zero-order valence-electron chi connectivity index (χ0n) is 13.0. The Hall–Kier alpha value is -2.29. The molecule has 0 aliphatic carbocycles. The molecule has 0 unspecified atom stereocenters. The van der Waals surface area contributed by atoms with Crippen molar-refractivity contribution in [2.75, 3.05) is 29.0 Å². The number of ketones is 1. The number of anilines is 4. The lowest BCUT2D eigenvalue weighted by molar-refractivity contribution is 0.102. The molecule has 2 aromatic rings. The molecule has 0 fully saturated rings. The minimum absolute atomic E-state index is 0.000346. The minimum atomic E-state index is 0.000346. The predicted molar refractivity (Wildman–Crippen MR) is 88.3 cm³/mol. The Morgan fingerprint density at radius 2 is 1.55 bits per heavy atom. The quantitative estimate of drug-likeness (QED) is 0.668. The van der Waals surface area contributed by atoms with Crippen LogP contribution in [-0.2, 0) is 0 Å². The molecule has 0 aromatic carbocycles. The molecule has 0 aliphatic heterocycles. The van der Waals surface area contributed by atoms with E-state index in [0.29, 0.717) is 46.6 Å². The largest absolute Gasteiger partial charge is 0.354 e. The molecule has 118 valence electrons. The first-order chi connectivity index (χ1) is 10.5. The number of Topliss-reactive ketones (excluding diaryl/α,β-unsaturated/α-hetero) is 1. The number of carbonyl (C=O) groups excluding carboxylic acids is 1. The number of nitrogens with zero attached hydrogens (tertiary/aromatic N) is 4. The second-order valence-electron chi connectivity index (χ2n) is 4.48. The van der Waals surface area contributed by atoms with Crippen LogP contribution in [0.4, 0.5) is 23.0 Å². The van der Waals surface area contributed by atoms with Gasteiger partial charge in [-0.3, -0.25) is 10.1 Å². The number of aromatic nitrogens is 4. The highest BCUT2D eigenvalue weighted by Crippen LogP contribution is 2.25. The first-order valence-electron chi connectivity index (χ1n) is 7.02. The maximum absolute atomic E-state index is 11.5. The lowest BCUT2D eigenvalue weighted by Gasteiger charge is -2.08. The Labute approximate surface area is 132 Å². The fourth-order valence-corrected chi connectivity index (χ4v) is 2.63. The molecule has 2 aromatic heterocycles. The summed E-state index contributed by atoms with van der Waals surface area (Å²) < 4.78 is 0. The van der Waals surface area contributed by atoms with Crippen molar-refractivity contribution in [2.24, 2.45) is 0 Å². The highest BCUT2D eigenvalue weighted by atomic mass is 32.1. The van der Waals surface area contributed by atoms with Gasteiger partial charge in [-0.2, -0.15) is 15.0 Å². The number of thiazole rings is 1. The van der Waals surface area contributed by atoms with Crippen LogP contribution in [-0.4, -0.2) is 38.8 Å². The molecule has 2 rings (SSSR count). The Kier molecular flexibility index (Phi) is 5.21. The van der Waals surface area contributed by atoms with E-state index in [9.17, 15) is 4.79 Å². The van der Waals surface area contributed by atoms with Crippen LogP contribution in [0.1, 0.15) is 36.1 Å². The first kappa shape index (κ1) is 16.1. The number of hydrogen-bond acceptors (Lipinski definition) is 9. The van der Waals surface area contributed by atoms with E-state index in [2.05, 4.69) is 35.9 Å². The normalized spacial score (nSPS) is 10.4. The average Bonchev–Trinajstić information content (AvgIpc) is 2.80. The molecule has 22 heavy (non-hydrogen) atoms. The molecular formula is C13H19N7OS. The molecule has 3 N–H and O–H groups in total. The lowest BCUT2D eigenvalue weighted by Crippen LogP contribution is -2.10. The van der Waals surface area contributed by atoms with E-state index in [0.717, 1.165) is 0 Å². The highest BCUT2D eigenvalue weighted by Gasteiger charge is 2.13. The van der Waals surface area contributed by atoms with E-state index < -0.39 is 0 Å². The number of rotatable bonds is 7. The maximum Gasteiger partial charge on any atom is 0.235 e. The van der Waals surface area contributed by atoms with Gasteiger partial charge in [0.05, 0.1) is 10.6 Å². The van der Waals surface area contributed by atoms with Crippen LogP contribution in [0.2, 0.25) is 0 Å². The molecule has 0 aliphatic rings. The molecule has 0 spiro atoms. The second kappa shape index (κ2) is 7.12. The summed E-state index contributed by atoms with van der Waals surface area (Å²) in [6, 6.07) is 0. The van der Waals surface area contributed by atoms with E-state index in [-0.39, 0.29) is 5.78 Å². The highest BCUT2D eigenvalue weighted by molar-refractivity contribution is 7.17. The van der Waals surface area contributed by atoms with E-state index >= 15 is 0 Å². The number of carbonyl (C=O) groups is 1. The van der Waals surface area contributed by atoms with Crippen LogP contribution in [0.15, 0.2) is 0 Å². The molecule has 0 atom stereocenters. The van der Waals surface area contributed by atoms with Crippen LogP contribution >= 0.6 is 11.3 Å². The lowest BCUT2D eigenvalue weighted by atomic mass is 10.3. The summed E-state index contributed by atoms with van der Waals surface area (Å²) >= 11 is 1.29. The summed E-state index contributed by atoms with van der Waals surface area (Å²) in [7, 11) is 0. The van der Waals surface area contributed by atoms with Gasteiger partial charge in [0.2, 0.25) is 17.8 Å². The van der Waals surface area contributed by atoms with Gasteiger partial charge in [-0.1, -0.05) is 11.3 Å². The van der Waals surface area contributed by atoms with Crippen molar-refractivity contribution < 1.29 is 4.79 Å². The molecule has 0 amide bonds. The Balaban J connectivity index is 2.27. The van der Waals surface area contributed by atoms with Gasteiger partial charge in [0, 0.05) is 20.0 Å². The predicted octanol–water partition coefficient (Wildman–Crippen LogP) is 2.45. The molecule has 0 bridgehead atoms. The van der Waals surface area contributed by atoms with Crippen molar-refractivity contribution in [2.45, 2.75) is 27.7 Å². The fraction of sp³-hybridized carbons (Fsp3) is 0.462. The third kappa shape index (κ3) is 3.88. The zero-order chi connectivity index (χ0) is 16.1. The maximum atomic E-state index is 11.5. The van der Waals surface area contributed by atoms with Crippen molar-refractivity contribution >= 4 is 40.1 Å². The second-order valence-corrected chi connectivity index (χ2v) is 5.48. The number of aryl methyl sites for hydroxylation is 1. The Morgan fingerprint density at radius 1 is 1.00 bits per heavy atom. The van der Waals surface area contributed by atoms with Crippen molar-refractivity contribution in [3.05, 3.63) is 10.6 Å². The molecule has 9 heteroatoms. The minimum Gasteiger partial charge on any atom is -0.354 e. The molecule has 8 nitrogen and oxygen atoms in total. The van der Waals surface area contributed by atoms with Crippen LogP contribution in [0.5, 0.6) is 0 Å². The topological polar surface area (TPSA) is 105 Å². The smallest absolute Gasteiger partial charge is 0.235 e. The van der Waals surface area contributed by atoms with Crippen LogP contribution in [0, 0.1) is 6.92 Å². The zero-order valence-corrected chi connectivity index (χ0v) is 13.8. The van der Waals surface area contributed by atoms with Crippen LogP contribution in [0.25, 0.3) is 0 Å². The third-order valence-electron chi connectivity index (χ3n) is 2.64. The summed E-state index contributed by atoms with van der Waals surface area (Å²) in [5.74, 6) is 1.35. The molecular weight excluding hydrogens is 302 g/mol. The van der Waals surface area contributed by atoms with Gasteiger partial charge in [-0.25, -0.2) is 4.98 Å². The standard InChI is InChI=1S/C13H19N7OS/c1-5-14-10-17-11(15-6-2)19-12(18-10)20-13-16-7(3)9(22-13)8(4)21/h5-6H2,1-4H3,(H3,14,15,16,17,18,19,20). The number of hydrogen-bond donors (Lipinski definition) is 3. The van der Waals surface area contributed by atoms with Gasteiger partial charge in [0.15, 0.2) is 10.9 Å². The van der Waals surface area contributed by atoms with Crippen LogP contribution < -0.4 is 16.0 Å². The van der Waals surface area contributed by atoms with E-state index in [1.807, 2.05) is 13.8 Å². The van der Waals surface area contributed by atoms with E-state index in [1.54, 1.807) is 6.92 Å². The summed E-state index contributed by atoms with van der Waals surface area (Å²) in [5.41, 5.74) is 0.702.